The number of fused-ring (bicyclic) bond motifs is 2. The minimum absolute atomic E-state index is 0.169. The summed E-state index contributed by atoms with van der Waals surface area (Å²) in [4.78, 5) is 35.1. The summed E-state index contributed by atoms with van der Waals surface area (Å²) in [7, 11) is 0. The average Bonchev–Trinajstić information content (AvgIpc) is 3.06. The summed E-state index contributed by atoms with van der Waals surface area (Å²) in [5.74, 6) is -2.10. The van der Waals surface area contributed by atoms with Gasteiger partial charge < -0.3 is 24.4 Å². The van der Waals surface area contributed by atoms with Crippen LogP contribution < -0.4 is 0 Å². The van der Waals surface area contributed by atoms with Gasteiger partial charge in [-0.3, -0.25) is 14.4 Å². The molecule has 0 aromatic heterocycles. The van der Waals surface area contributed by atoms with Crippen molar-refractivity contribution >= 4 is 29.5 Å². The fourth-order valence-electron chi connectivity index (χ4n) is 3.81. The third kappa shape index (κ3) is 8.41. The first kappa shape index (κ1) is 26.1. The molecular formula is C23H31ClO8. The summed E-state index contributed by atoms with van der Waals surface area (Å²) in [6.07, 6.45) is 3.01. The average molecular weight is 471 g/mol. The molecule has 0 radical (unpaired) electrons. The van der Waals surface area contributed by atoms with Crippen LogP contribution in [0.25, 0.3) is 0 Å². The van der Waals surface area contributed by atoms with Crippen LogP contribution in [0.15, 0.2) is 34.4 Å². The van der Waals surface area contributed by atoms with Crippen LogP contribution in [0, 0.1) is 0 Å². The van der Waals surface area contributed by atoms with Crippen LogP contribution in [0.2, 0.25) is 0 Å². The molecule has 32 heavy (non-hydrogen) atoms. The van der Waals surface area contributed by atoms with E-state index in [0.29, 0.717) is 41.9 Å². The number of hydrogen-bond donors (Lipinski definition) is 2. The summed E-state index contributed by atoms with van der Waals surface area (Å²) in [6.45, 7) is 4.64. The zero-order chi connectivity index (χ0) is 23.8. The van der Waals surface area contributed by atoms with Crippen LogP contribution in [0.1, 0.15) is 59.3 Å². The molecule has 5 atom stereocenters. The zero-order valence-corrected chi connectivity index (χ0v) is 19.3. The molecule has 0 spiro atoms. The molecule has 1 saturated heterocycles. The summed E-state index contributed by atoms with van der Waals surface area (Å²) in [6, 6.07) is 0. The number of allylic oxidation sites excluding steroid dienone is 3. The molecule has 8 nitrogen and oxygen atoms in total. The summed E-state index contributed by atoms with van der Waals surface area (Å²) < 4.78 is 16.9. The molecular weight excluding hydrogens is 440 g/mol. The first-order chi connectivity index (χ1) is 15.0. The highest BCUT2D eigenvalue weighted by atomic mass is 35.5. The van der Waals surface area contributed by atoms with Gasteiger partial charge in [0.1, 0.15) is 24.4 Å². The highest BCUT2D eigenvalue weighted by Gasteiger charge is 2.41. The molecule has 178 valence electrons. The van der Waals surface area contributed by atoms with Crippen molar-refractivity contribution in [1.82, 2.24) is 0 Å². The molecule has 2 rings (SSSR count). The van der Waals surface area contributed by atoms with Gasteiger partial charge in [-0.05, 0) is 38.7 Å². The van der Waals surface area contributed by atoms with E-state index in [0.717, 1.165) is 0 Å². The lowest BCUT2D eigenvalue weighted by Crippen LogP contribution is -2.37. The van der Waals surface area contributed by atoms with Gasteiger partial charge >= 0.3 is 17.9 Å². The normalized spacial score (nSPS) is 31.9. The SMILES string of the molecule is CC(=O)O[C@H]1CC(=O)O[C@H]2C[C@H](CC/C(Cl)=C\C/C=C\1C)O[C@H]2[C@@H](O)/C=C(\C)CC(=O)O. The van der Waals surface area contributed by atoms with Crippen LogP contribution in [0.5, 0.6) is 0 Å². The molecule has 0 aromatic rings. The lowest BCUT2D eigenvalue weighted by atomic mass is 10.0. The van der Waals surface area contributed by atoms with E-state index in [-0.39, 0.29) is 18.9 Å². The summed E-state index contributed by atoms with van der Waals surface area (Å²) in [5.41, 5.74) is 1.17. The van der Waals surface area contributed by atoms with Crippen LogP contribution in [0.3, 0.4) is 0 Å². The molecule has 0 unspecified atom stereocenters. The molecule has 0 saturated carbocycles. The smallest absolute Gasteiger partial charge is 0.310 e. The Morgan fingerprint density at radius 1 is 1.34 bits per heavy atom. The fourth-order valence-corrected chi connectivity index (χ4v) is 4.01. The van der Waals surface area contributed by atoms with E-state index in [4.69, 9.17) is 30.9 Å². The second kappa shape index (κ2) is 12.2. The maximum Gasteiger partial charge on any atom is 0.310 e. The molecule has 1 fully saturated rings. The number of carboxylic acids is 1. The van der Waals surface area contributed by atoms with Gasteiger partial charge in [0.15, 0.2) is 0 Å². The number of carboxylic acid groups (broad SMARTS) is 1. The quantitative estimate of drug-likeness (QED) is 0.463. The summed E-state index contributed by atoms with van der Waals surface area (Å²) in [5, 5.41) is 20.3. The van der Waals surface area contributed by atoms with E-state index in [9.17, 15) is 19.5 Å². The van der Waals surface area contributed by atoms with E-state index in [1.807, 2.05) is 12.2 Å². The van der Waals surface area contributed by atoms with Crippen LogP contribution >= 0.6 is 11.6 Å². The fraction of sp³-hybridized carbons (Fsp3) is 0.609. The van der Waals surface area contributed by atoms with Crippen molar-refractivity contribution < 1.29 is 38.8 Å². The number of halogens is 1. The molecule has 9 heteroatoms. The second-order valence-corrected chi connectivity index (χ2v) is 8.72. The number of aliphatic hydroxyl groups is 1. The van der Waals surface area contributed by atoms with E-state index in [2.05, 4.69) is 0 Å². The number of aliphatic carboxylic acids is 1. The van der Waals surface area contributed by atoms with Crippen molar-refractivity contribution in [2.75, 3.05) is 0 Å². The van der Waals surface area contributed by atoms with Crippen molar-refractivity contribution in [1.29, 1.82) is 0 Å². The van der Waals surface area contributed by atoms with E-state index >= 15 is 0 Å². The minimum Gasteiger partial charge on any atom is -0.481 e. The van der Waals surface area contributed by atoms with Crippen molar-refractivity contribution in [3.63, 3.8) is 0 Å². The van der Waals surface area contributed by atoms with Crippen molar-refractivity contribution in [2.24, 2.45) is 0 Å². The minimum atomic E-state index is -1.15. The van der Waals surface area contributed by atoms with Gasteiger partial charge in [0.25, 0.3) is 0 Å². The van der Waals surface area contributed by atoms with Gasteiger partial charge in [0.05, 0.1) is 18.9 Å². The lowest BCUT2D eigenvalue weighted by molar-refractivity contribution is -0.159. The van der Waals surface area contributed by atoms with Crippen molar-refractivity contribution in [3.05, 3.63) is 34.4 Å². The molecule has 2 N–H and O–H groups in total. The van der Waals surface area contributed by atoms with Gasteiger partial charge in [0.2, 0.25) is 0 Å². The number of aliphatic hydroxyl groups excluding tert-OH is 1. The topological polar surface area (TPSA) is 119 Å². The number of hydrogen-bond acceptors (Lipinski definition) is 7. The van der Waals surface area contributed by atoms with E-state index in [1.54, 1.807) is 13.8 Å². The number of carbonyl (C=O) groups is 3. The van der Waals surface area contributed by atoms with Crippen LogP contribution in [0.4, 0.5) is 0 Å². The van der Waals surface area contributed by atoms with Gasteiger partial charge in [-0.15, -0.1) is 0 Å². The largest absolute Gasteiger partial charge is 0.481 e. The Bertz CT molecular complexity index is 800. The first-order valence-corrected chi connectivity index (χ1v) is 11.0. The third-order valence-electron chi connectivity index (χ3n) is 5.37. The zero-order valence-electron chi connectivity index (χ0n) is 18.6. The lowest BCUT2D eigenvalue weighted by Gasteiger charge is -2.24. The third-order valence-corrected chi connectivity index (χ3v) is 5.71. The Labute approximate surface area is 192 Å². The molecule has 0 aliphatic carbocycles. The van der Waals surface area contributed by atoms with E-state index < -0.39 is 42.3 Å². The molecule has 2 aliphatic rings. The standard InChI is InChI=1S/C23H31ClO8/c1-13(10-21(27)28)9-18(26)23-20-11-17(31-23)8-7-16(24)6-4-5-14(2)19(30-15(3)25)12-22(29)32-20/h5-6,9,17-20,23,26H,4,7-8,10-12H2,1-3H3,(H,27,28)/b13-9+,14-5-,16-6+/t17-,18-,19-,20-,23-/m0/s1. The molecule has 0 amide bonds. The maximum absolute atomic E-state index is 12.7. The molecule has 2 heterocycles. The molecule has 0 aromatic carbocycles. The Hall–Kier alpha value is -2.16. The predicted molar refractivity (Wildman–Crippen MR) is 117 cm³/mol. The van der Waals surface area contributed by atoms with Gasteiger partial charge in [-0.25, -0.2) is 0 Å². The van der Waals surface area contributed by atoms with Gasteiger partial charge in [-0.2, -0.15) is 0 Å². The summed E-state index contributed by atoms with van der Waals surface area (Å²) >= 11 is 6.32. The Morgan fingerprint density at radius 3 is 2.72 bits per heavy atom. The number of carbonyl (C=O) groups excluding carboxylic acids is 2. The van der Waals surface area contributed by atoms with Crippen LogP contribution in [-0.4, -0.2) is 58.6 Å². The monoisotopic (exact) mass is 470 g/mol. The Morgan fingerprint density at radius 2 is 2.06 bits per heavy atom. The number of esters is 2. The highest BCUT2D eigenvalue weighted by molar-refractivity contribution is 6.29. The van der Waals surface area contributed by atoms with Gasteiger partial charge in [0, 0.05) is 18.4 Å². The van der Waals surface area contributed by atoms with Crippen LogP contribution in [-0.2, 0) is 28.6 Å². The van der Waals surface area contributed by atoms with Gasteiger partial charge in [-0.1, -0.05) is 35.4 Å². The highest BCUT2D eigenvalue weighted by Crippen LogP contribution is 2.31. The van der Waals surface area contributed by atoms with E-state index in [1.165, 1.54) is 13.0 Å². The number of rotatable bonds is 5. The Kier molecular flexibility index (Phi) is 9.93. The first-order valence-electron chi connectivity index (χ1n) is 10.7. The number of ether oxygens (including phenoxy) is 3. The van der Waals surface area contributed by atoms with Crippen molar-refractivity contribution in [2.45, 2.75) is 89.8 Å². The molecule has 2 aliphatic heterocycles. The predicted octanol–water partition coefficient (Wildman–Crippen LogP) is 3.41. The molecule has 2 bridgehead atoms. The second-order valence-electron chi connectivity index (χ2n) is 8.24. The Balaban J connectivity index is 2.25. The maximum atomic E-state index is 12.7. The van der Waals surface area contributed by atoms with Crippen molar-refractivity contribution in [3.8, 4) is 0 Å².